The van der Waals surface area contributed by atoms with Gasteiger partial charge in [0.05, 0.1) is 0 Å². The highest BCUT2D eigenvalue weighted by Crippen LogP contribution is 2.14. The highest BCUT2D eigenvalue weighted by molar-refractivity contribution is 6.21. The van der Waals surface area contributed by atoms with Crippen molar-refractivity contribution >= 4 is 11.6 Å². The molecule has 0 rings (SSSR count). The lowest BCUT2D eigenvalue weighted by molar-refractivity contribution is 0.533. The van der Waals surface area contributed by atoms with Crippen LogP contribution in [0.2, 0.25) is 0 Å². The Labute approximate surface area is 127 Å². The van der Waals surface area contributed by atoms with Gasteiger partial charge in [-0.1, -0.05) is 96.8 Å². The number of unbranched alkanes of at least 4 members (excludes halogenated alkanes) is 13. The van der Waals surface area contributed by atoms with Crippen LogP contribution in [0.25, 0.3) is 0 Å². The van der Waals surface area contributed by atoms with Gasteiger partial charge in [0, 0.05) is 5.38 Å². The Kier molecular flexibility index (Phi) is 16.6. The van der Waals surface area contributed by atoms with E-state index in [-0.39, 0.29) is 5.38 Å². The molecule has 0 bridgehead atoms. The molecule has 1 heteroatoms. The summed E-state index contributed by atoms with van der Waals surface area (Å²) in [6, 6.07) is 0. The average Bonchev–Trinajstić information content (AvgIpc) is 2.39. The van der Waals surface area contributed by atoms with E-state index in [0.29, 0.717) is 0 Å². The van der Waals surface area contributed by atoms with Gasteiger partial charge >= 0.3 is 0 Å². The Balaban J connectivity index is 2.91. The van der Waals surface area contributed by atoms with E-state index in [1.54, 1.807) is 0 Å². The zero-order chi connectivity index (χ0) is 14.2. The van der Waals surface area contributed by atoms with E-state index in [1.807, 2.05) is 0 Å². The van der Waals surface area contributed by atoms with Crippen molar-refractivity contribution in [3.63, 3.8) is 0 Å². The van der Waals surface area contributed by atoms with Crippen molar-refractivity contribution in [3.05, 3.63) is 6.92 Å². The highest BCUT2D eigenvalue weighted by atomic mass is 35.5. The zero-order valence-corrected chi connectivity index (χ0v) is 14.0. The van der Waals surface area contributed by atoms with Gasteiger partial charge in [-0.05, 0) is 13.3 Å². The van der Waals surface area contributed by atoms with Crippen LogP contribution < -0.4 is 0 Å². The first kappa shape index (κ1) is 19.3. The van der Waals surface area contributed by atoms with Gasteiger partial charge in [0.15, 0.2) is 0 Å². The van der Waals surface area contributed by atoms with Crippen LogP contribution in [0.5, 0.6) is 0 Å². The molecule has 0 aliphatic heterocycles. The number of hydrogen-bond donors (Lipinski definition) is 0. The molecule has 115 valence electrons. The first-order valence-corrected chi connectivity index (χ1v) is 9.18. The Morgan fingerprint density at radius 2 is 0.947 bits per heavy atom. The summed E-state index contributed by atoms with van der Waals surface area (Å²) in [4.78, 5) is 0. The molecular weight excluding hydrogens is 252 g/mol. The largest absolute Gasteiger partial charge is 0.123 e. The van der Waals surface area contributed by atoms with E-state index in [4.69, 9.17) is 11.6 Å². The van der Waals surface area contributed by atoms with E-state index in [2.05, 4.69) is 13.8 Å². The van der Waals surface area contributed by atoms with E-state index in [0.717, 1.165) is 6.42 Å². The van der Waals surface area contributed by atoms with Crippen LogP contribution in [0.3, 0.4) is 0 Å². The summed E-state index contributed by atoms with van der Waals surface area (Å²) >= 11 is 5.82. The van der Waals surface area contributed by atoms with Crippen molar-refractivity contribution in [2.24, 2.45) is 0 Å². The summed E-state index contributed by atoms with van der Waals surface area (Å²) in [6.07, 6.45) is 20.9. The molecule has 1 radical (unpaired) electrons. The third-order valence-electron chi connectivity index (χ3n) is 3.87. The molecule has 0 aliphatic carbocycles. The van der Waals surface area contributed by atoms with Crippen molar-refractivity contribution in [2.45, 2.75) is 109 Å². The molecule has 0 aliphatic rings. The molecule has 0 saturated heterocycles. The zero-order valence-electron chi connectivity index (χ0n) is 13.3. The Morgan fingerprint density at radius 1 is 0.632 bits per heavy atom. The van der Waals surface area contributed by atoms with Gasteiger partial charge in [-0.2, -0.15) is 0 Å². The molecule has 0 saturated carbocycles. The Hall–Kier alpha value is 0.290. The number of alkyl halides is 1. The second-order valence-corrected chi connectivity index (χ2v) is 6.60. The van der Waals surface area contributed by atoms with Gasteiger partial charge < -0.3 is 0 Å². The second-order valence-electron chi connectivity index (χ2n) is 5.98. The van der Waals surface area contributed by atoms with Gasteiger partial charge in [-0.3, -0.25) is 0 Å². The molecule has 1 unspecified atom stereocenters. The molecule has 0 heterocycles. The highest BCUT2D eigenvalue weighted by Gasteiger charge is 1.96. The summed E-state index contributed by atoms with van der Waals surface area (Å²) in [7, 11) is 0. The lowest BCUT2D eigenvalue weighted by Gasteiger charge is -2.04. The molecule has 19 heavy (non-hydrogen) atoms. The van der Waals surface area contributed by atoms with Gasteiger partial charge in [0.25, 0.3) is 0 Å². The number of rotatable bonds is 15. The van der Waals surface area contributed by atoms with E-state index < -0.39 is 0 Å². The molecule has 0 spiro atoms. The quantitative estimate of drug-likeness (QED) is 0.219. The van der Waals surface area contributed by atoms with Crippen LogP contribution in [0.1, 0.15) is 103 Å². The second kappa shape index (κ2) is 16.3. The fraction of sp³-hybridized carbons (Fsp3) is 0.944. The van der Waals surface area contributed by atoms with E-state index >= 15 is 0 Å². The maximum absolute atomic E-state index is 5.82. The maximum atomic E-state index is 5.82. The third-order valence-corrected chi connectivity index (χ3v) is 4.09. The lowest BCUT2D eigenvalue weighted by Crippen LogP contribution is -1.90. The van der Waals surface area contributed by atoms with Crippen LogP contribution in [-0.2, 0) is 0 Å². The molecule has 0 fully saturated rings. The fourth-order valence-corrected chi connectivity index (χ4v) is 2.71. The third kappa shape index (κ3) is 18.3. The average molecular weight is 288 g/mol. The maximum Gasteiger partial charge on any atom is 0.0336 e. The van der Waals surface area contributed by atoms with Crippen LogP contribution in [0.4, 0.5) is 0 Å². The molecule has 1 atom stereocenters. The molecule has 0 aromatic heterocycles. The molecule has 0 nitrogen and oxygen atoms in total. The number of hydrogen-bond acceptors (Lipinski definition) is 0. The molecule has 0 amide bonds. The molecular formula is C18H36Cl. The standard InChI is InChI=1S/C18H36Cl/c1-3-4-5-6-7-8-9-10-11-12-13-14-15-16-17-18(2)19/h18H,2-17H2,1H3. The minimum Gasteiger partial charge on any atom is -0.123 e. The fourth-order valence-electron chi connectivity index (χ4n) is 2.56. The van der Waals surface area contributed by atoms with Crippen LogP contribution in [0.15, 0.2) is 0 Å². The topological polar surface area (TPSA) is 0 Å². The minimum absolute atomic E-state index is 0.123. The number of halogens is 1. The van der Waals surface area contributed by atoms with Crippen LogP contribution >= 0.6 is 11.6 Å². The smallest absolute Gasteiger partial charge is 0.0336 e. The Bertz CT molecular complexity index is 154. The van der Waals surface area contributed by atoms with E-state index in [9.17, 15) is 0 Å². The van der Waals surface area contributed by atoms with Gasteiger partial charge in [-0.25, -0.2) is 0 Å². The first-order chi connectivity index (χ1) is 9.27. The summed E-state index contributed by atoms with van der Waals surface area (Å²) in [5.74, 6) is 0. The van der Waals surface area contributed by atoms with Crippen molar-refractivity contribution in [1.82, 2.24) is 0 Å². The summed E-state index contributed by atoms with van der Waals surface area (Å²) < 4.78 is 0. The van der Waals surface area contributed by atoms with Crippen molar-refractivity contribution in [1.29, 1.82) is 0 Å². The summed E-state index contributed by atoms with van der Waals surface area (Å²) in [5.41, 5.74) is 0. The SMILES string of the molecule is [CH2]C(Cl)CCCCCCCCCCCCCCCC. The lowest BCUT2D eigenvalue weighted by atomic mass is 10.0. The van der Waals surface area contributed by atoms with Crippen molar-refractivity contribution in [3.8, 4) is 0 Å². The monoisotopic (exact) mass is 287 g/mol. The minimum atomic E-state index is 0.123. The van der Waals surface area contributed by atoms with Crippen LogP contribution in [-0.4, -0.2) is 5.38 Å². The predicted molar refractivity (Wildman–Crippen MR) is 89.9 cm³/mol. The van der Waals surface area contributed by atoms with Gasteiger partial charge in [0.1, 0.15) is 0 Å². The van der Waals surface area contributed by atoms with Gasteiger partial charge in [-0.15, -0.1) is 11.6 Å². The Morgan fingerprint density at radius 3 is 1.26 bits per heavy atom. The molecule has 0 N–H and O–H groups in total. The van der Waals surface area contributed by atoms with Crippen molar-refractivity contribution in [2.75, 3.05) is 0 Å². The molecule has 0 aromatic carbocycles. The summed E-state index contributed by atoms with van der Waals surface area (Å²) in [5, 5.41) is 0.123. The van der Waals surface area contributed by atoms with Crippen LogP contribution in [0, 0.1) is 6.92 Å². The normalized spacial score (nSPS) is 12.8. The predicted octanol–water partition coefficient (Wildman–Crippen LogP) is 7.30. The summed E-state index contributed by atoms with van der Waals surface area (Å²) in [6.45, 7) is 6.09. The van der Waals surface area contributed by atoms with E-state index in [1.165, 1.54) is 89.9 Å². The molecule has 0 aromatic rings. The van der Waals surface area contributed by atoms with Crippen molar-refractivity contribution < 1.29 is 0 Å². The van der Waals surface area contributed by atoms with Gasteiger partial charge in [0.2, 0.25) is 0 Å². The first-order valence-electron chi connectivity index (χ1n) is 8.74.